The lowest BCUT2D eigenvalue weighted by molar-refractivity contribution is 0.0941. The molecule has 0 bridgehead atoms. The molecule has 0 fully saturated rings. The third-order valence-corrected chi connectivity index (χ3v) is 4.18. The number of carbonyl (C=O) groups is 2. The number of carbonyl (C=O) groups excluding carboxylic acids is 2. The Hall–Kier alpha value is -2.63. The summed E-state index contributed by atoms with van der Waals surface area (Å²) >= 11 is 0. The maximum Gasteiger partial charge on any atom is 0.272 e. The summed E-state index contributed by atoms with van der Waals surface area (Å²) in [6.45, 7) is 13.2. The molecule has 0 spiro atoms. The third kappa shape index (κ3) is 5.18. The monoisotopic (exact) mass is 370 g/mol. The lowest BCUT2D eigenvalue weighted by atomic mass is 10.1. The fraction of sp³-hybridized carbons (Fsp3) is 0.476. The maximum atomic E-state index is 12.6. The Morgan fingerprint density at radius 2 is 1.81 bits per heavy atom. The van der Waals surface area contributed by atoms with Gasteiger partial charge in [0.25, 0.3) is 11.8 Å². The summed E-state index contributed by atoms with van der Waals surface area (Å²) in [5.74, 6) is -0.0634. The number of nitrogens with one attached hydrogen (secondary N) is 2. The van der Waals surface area contributed by atoms with Gasteiger partial charge in [-0.05, 0) is 57.4 Å². The van der Waals surface area contributed by atoms with Crippen LogP contribution in [-0.2, 0) is 12.1 Å². The zero-order chi connectivity index (χ0) is 20.2. The average molecular weight is 370 g/mol. The molecule has 1 aromatic heterocycles. The van der Waals surface area contributed by atoms with Crippen LogP contribution >= 0.6 is 0 Å². The van der Waals surface area contributed by atoms with Crippen LogP contribution in [0.5, 0.6) is 0 Å². The van der Waals surface area contributed by atoms with E-state index in [0.717, 1.165) is 11.3 Å². The van der Waals surface area contributed by atoms with E-state index in [1.165, 1.54) is 0 Å². The second-order valence-corrected chi connectivity index (χ2v) is 7.93. The van der Waals surface area contributed by atoms with Crippen molar-refractivity contribution in [1.82, 2.24) is 20.4 Å². The van der Waals surface area contributed by atoms with Crippen LogP contribution in [0, 0.1) is 0 Å². The first-order valence-corrected chi connectivity index (χ1v) is 9.39. The molecule has 0 atom stereocenters. The number of rotatable bonds is 6. The van der Waals surface area contributed by atoms with Crippen molar-refractivity contribution < 1.29 is 9.59 Å². The molecule has 0 saturated heterocycles. The molecule has 146 valence electrons. The van der Waals surface area contributed by atoms with Crippen LogP contribution in [0.3, 0.4) is 0 Å². The minimum atomic E-state index is -0.219. The molecule has 0 saturated carbocycles. The van der Waals surface area contributed by atoms with Crippen LogP contribution in [0.4, 0.5) is 0 Å². The summed E-state index contributed by atoms with van der Waals surface area (Å²) in [4.78, 5) is 24.5. The van der Waals surface area contributed by atoms with Gasteiger partial charge in [0.1, 0.15) is 5.69 Å². The summed E-state index contributed by atoms with van der Waals surface area (Å²) in [5.41, 5.74) is 2.70. The van der Waals surface area contributed by atoms with Crippen LogP contribution in [-0.4, -0.2) is 28.1 Å². The van der Waals surface area contributed by atoms with Gasteiger partial charge in [0.15, 0.2) is 0 Å². The van der Waals surface area contributed by atoms with Crippen molar-refractivity contribution in [2.75, 3.05) is 6.54 Å². The first-order chi connectivity index (χ1) is 12.6. The van der Waals surface area contributed by atoms with Crippen molar-refractivity contribution >= 4 is 11.8 Å². The fourth-order valence-electron chi connectivity index (χ4n) is 2.81. The molecule has 2 rings (SSSR count). The molecule has 0 unspecified atom stereocenters. The Labute approximate surface area is 161 Å². The predicted octanol–water partition coefficient (Wildman–Crippen LogP) is 3.44. The molecule has 2 amide bonds. The van der Waals surface area contributed by atoms with E-state index in [9.17, 15) is 9.59 Å². The predicted molar refractivity (Wildman–Crippen MR) is 107 cm³/mol. The molecule has 0 aliphatic rings. The summed E-state index contributed by atoms with van der Waals surface area (Å²) in [5, 5.41) is 10.2. The normalized spacial score (nSPS) is 11.5. The molecular weight excluding hydrogens is 340 g/mol. The van der Waals surface area contributed by atoms with Gasteiger partial charge in [0.05, 0.1) is 5.54 Å². The number of hydrogen-bond acceptors (Lipinski definition) is 3. The van der Waals surface area contributed by atoms with Crippen LogP contribution < -0.4 is 10.6 Å². The lowest BCUT2D eigenvalue weighted by Crippen LogP contribution is -2.27. The topological polar surface area (TPSA) is 76.0 Å². The first-order valence-electron chi connectivity index (χ1n) is 9.39. The van der Waals surface area contributed by atoms with Crippen molar-refractivity contribution in [3.05, 3.63) is 52.8 Å². The van der Waals surface area contributed by atoms with Gasteiger partial charge < -0.3 is 10.6 Å². The van der Waals surface area contributed by atoms with Crippen molar-refractivity contribution in [2.45, 2.75) is 59.5 Å². The number of nitrogens with zero attached hydrogens (tertiary/aromatic N) is 2. The van der Waals surface area contributed by atoms with Crippen molar-refractivity contribution in [3.63, 3.8) is 0 Å². The summed E-state index contributed by atoms with van der Waals surface area (Å²) < 4.78 is 1.92. The smallest absolute Gasteiger partial charge is 0.272 e. The van der Waals surface area contributed by atoms with Crippen molar-refractivity contribution in [2.24, 2.45) is 0 Å². The Balaban J connectivity index is 2.13. The molecule has 1 aromatic carbocycles. The third-order valence-electron chi connectivity index (χ3n) is 4.18. The van der Waals surface area contributed by atoms with E-state index < -0.39 is 0 Å². The molecule has 6 heteroatoms. The highest BCUT2D eigenvalue weighted by molar-refractivity contribution is 5.94. The van der Waals surface area contributed by atoms with Crippen molar-refractivity contribution in [1.29, 1.82) is 0 Å². The van der Waals surface area contributed by atoms with E-state index in [1.807, 2.05) is 29.8 Å². The van der Waals surface area contributed by atoms with Gasteiger partial charge in [0, 0.05) is 24.3 Å². The first kappa shape index (κ1) is 20.7. The van der Waals surface area contributed by atoms with Crippen LogP contribution in [0.25, 0.3) is 0 Å². The molecule has 0 aliphatic heterocycles. The summed E-state index contributed by atoms with van der Waals surface area (Å²) in [6, 6.07) is 9.11. The molecular formula is C21H30N4O2. The van der Waals surface area contributed by atoms with Gasteiger partial charge in [0.2, 0.25) is 0 Å². The standard InChI is InChI=1S/C21H30N4O2/c1-7-22-19(26)16-10-8-9-15(11-16)13-23-20(27)17-12-18(14(2)3)25(24-17)21(4,5)6/h8-12,14H,7,13H2,1-6H3,(H,22,26)(H,23,27). The number of amides is 2. The Bertz CT molecular complexity index is 816. The molecule has 2 aromatic rings. The SMILES string of the molecule is CCNC(=O)c1cccc(CNC(=O)c2cc(C(C)C)n(C(C)(C)C)n2)c1. The largest absolute Gasteiger partial charge is 0.352 e. The van der Waals surface area contributed by atoms with E-state index in [1.54, 1.807) is 12.1 Å². The molecule has 1 heterocycles. The second kappa shape index (κ2) is 8.37. The van der Waals surface area contributed by atoms with Gasteiger partial charge in [-0.1, -0.05) is 26.0 Å². The Morgan fingerprint density at radius 3 is 2.37 bits per heavy atom. The molecule has 0 radical (unpaired) electrons. The average Bonchev–Trinajstić information content (AvgIpc) is 3.06. The van der Waals surface area contributed by atoms with Gasteiger partial charge >= 0.3 is 0 Å². The number of benzene rings is 1. The van der Waals surface area contributed by atoms with E-state index >= 15 is 0 Å². The number of hydrogen-bond donors (Lipinski definition) is 2. The molecule has 27 heavy (non-hydrogen) atoms. The second-order valence-electron chi connectivity index (χ2n) is 7.93. The van der Waals surface area contributed by atoms with Crippen LogP contribution in [0.15, 0.2) is 30.3 Å². The van der Waals surface area contributed by atoms with Gasteiger partial charge in [-0.2, -0.15) is 5.10 Å². The number of aromatic nitrogens is 2. The fourth-order valence-corrected chi connectivity index (χ4v) is 2.81. The minimum Gasteiger partial charge on any atom is -0.352 e. The van der Waals surface area contributed by atoms with E-state index in [-0.39, 0.29) is 23.3 Å². The summed E-state index contributed by atoms with van der Waals surface area (Å²) in [6.07, 6.45) is 0. The molecule has 2 N–H and O–H groups in total. The quantitative estimate of drug-likeness (QED) is 0.818. The van der Waals surface area contributed by atoms with Crippen molar-refractivity contribution in [3.8, 4) is 0 Å². The van der Waals surface area contributed by atoms with E-state index in [0.29, 0.717) is 24.3 Å². The zero-order valence-corrected chi connectivity index (χ0v) is 17.1. The van der Waals surface area contributed by atoms with Crippen LogP contribution in [0.2, 0.25) is 0 Å². The van der Waals surface area contributed by atoms with E-state index in [4.69, 9.17) is 0 Å². The zero-order valence-electron chi connectivity index (χ0n) is 17.1. The Morgan fingerprint density at radius 1 is 1.11 bits per heavy atom. The molecule has 0 aliphatic carbocycles. The highest BCUT2D eigenvalue weighted by Gasteiger charge is 2.23. The molecule has 6 nitrogen and oxygen atoms in total. The maximum absolute atomic E-state index is 12.6. The van der Waals surface area contributed by atoms with Gasteiger partial charge in [-0.25, -0.2) is 0 Å². The van der Waals surface area contributed by atoms with Crippen LogP contribution in [0.1, 0.15) is 79.6 Å². The van der Waals surface area contributed by atoms with E-state index in [2.05, 4.69) is 50.4 Å². The minimum absolute atomic E-state index is 0.115. The highest BCUT2D eigenvalue weighted by atomic mass is 16.2. The lowest BCUT2D eigenvalue weighted by Gasteiger charge is -2.23. The highest BCUT2D eigenvalue weighted by Crippen LogP contribution is 2.23. The van der Waals surface area contributed by atoms with Gasteiger partial charge in [-0.3, -0.25) is 14.3 Å². The summed E-state index contributed by atoms with van der Waals surface area (Å²) in [7, 11) is 0. The Kier molecular flexibility index (Phi) is 6.41. The van der Waals surface area contributed by atoms with Gasteiger partial charge in [-0.15, -0.1) is 0 Å².